The van der Waals surface area contributed by atoms with Crippen molar-refractivity contribution in [1.82, 2.24) is 20.3 Å². The minimum absolute atomic E-state index is 0.258. The molecule has 0 saturated carbocycles. The van der Waals surface area contributed by atoms with E-state index < -0.39 is 5.95 Å². The Morgan fingerprint density at radius 2 is 1.77 bits per heavy atom. The standard InChI is InChI=1S/C24H18F2N4O/c1-15-9-16(12-29-23(15)18-7-8-27-22(26)11-18)13-30-24(31)21-6-5-19(14-28-21)17-3-2-4-20(25)10-17/h2-12,14H,13H2,1H3,(H,30,31). The molecule has 0 spiro atoms. The molecule has 0 saturated heterocycles. The van der Waals surface area contributed by atoms with Crippen LogP contribution in [-0.2, 0) is 6.54 Å². The van der Waals surface area contributed by atoms with Gasteiger partial charge in [0.15, 0.2) is 0 Å². The van der Waals surface area contributed by atoms with Crippen molar-refractivity contribution >= 4 is 5.91 Å². The zero-order valence-electron chi connectivity index (χ0n) is 16.6. The van der Waals surface area contributed by atoms with Gasteiger partial charge in [-0.2, -0.15) is 4.39 Å². The zero-order valence-corrected chi connectivity index (χ0v) is 16.6. The molecule has 1 N–H and O–H groups in total. The lowest BCUT2D eigenvalue weighted by atomic mass is 10.1. The predicted molar refractivity (Wildman–Crippen MR) is 113 cm³/mol. The lowest BCUT2D eigenvalue weighted by Crippen LogP contribution is -2.23. The first-order valence-electron chi connectivity index (χ1n) is 9.57. The van der Waals surface area contributed by atoms with Gasteiger partial charge in [0.2, 0.25) is 5.95 Å². The van der Waals surface area contributed by atoms with E-state index in [1.807, 2.05) is 13.0 Å². The summed E-state index contributed by atoms with van der Waals surface area (Å²) in [5.41, 5.74) is 4.63. The van der Waals surface area contributed by atoms with E-state index in [0.717, 1.165) is 16.7 Å². The molecule has 4 aromatic rings. The summed E-state index contributed by atoms with van der Waals surface area (Å²) in [5, 5.41) is 2.81. The molecule has 0 aliphatic rings. The minimum Gasteiger partial charge on any atom is -0.347 e. The number of rotatable bonds is 5. The van der Waals surface area contributed by atoms with E-state index in [-0.39, 0.29) is 24.0 Å². The summed E-state index contributed by atoms with van der Waals surface area (Å²) < 4.78 is 26.7. The summed E-state index contributed by atoms with van der Waals surface area (Å²) in [5.74, 6) is -1.22. The zero-order chi connectivity index (χ0) is 21.8. The van der Waals surface area contributed by atoms with Crippen molar-refractivity contribution in [1.29, 1.82) is 0 Å². The molecular formula is C24H18F2N4O. The van der Waals surface area contributed by atoms with Crippen LogP contribution in [0.15, 0.2) is 73.2 Å². The first kappa shape index (κ1) is 20.3. The number of carbonyl (C=O) groups is 1. The van der Waals surface area contributed by atoms with Crippen LogP contribution >= 0.6 is 0 Å². The van der Waals surface area contributed by atoms with Crippen LogP contribution in [0, 0.1) is 18.7 Å². The van der Waals surface area contributed by atoms with Crippen LogP contribution < -0.4 is 5.32 Å². The second-order valence-electron chi connectivity index (χ2n) is 7.00. The molecule has 0 radical (unpaired) electrons. The molecule has 0 unspecified atom stereocenters. The van der Waals surface area contributed by atoms with Gasteiger partial charge < -0.3 is 5.32 Å². The third-order valence-electron chi connectivity index (χ3n) is 4.74. The molecule has 5 nitrogen and oxygen atoms in total. The Balaban J connectivity index is 1.42. The molecule has 0 aliphatic carbocycles. The van der Waals surface area contributed by atoms with Crippen molar-refractivity contribution in [2.45, 2.75) is 13.5 Å². The van der Waals surface area contributed by atoms with Gasteiger partial charge in [-0.05, 0) is 47.9 Å². The predicted octanol–water partition coefficient (Wildman–Crippen LogP) is 4.72. The quantitative estimate of drug-likeness (QED) is 0.478. The smallest absolute Gasteiger partial charge is 0.270 e. The van der Waals surface area contributed by atoms with Crippen LogP contribution in [0.3, 0.4) is 0 Å². The molecule has 0 atom stereocenters. The van der Waals surface area contributed by atoms with Crippen LogP contribution in [0.4, 0.5) is 8.78 Å². The first-order valence-corrected chi connectivity index (χ1v) is 9.57. The maximum atomic E-state index is 13.4. The van der Waals surface area contributed by atoms with Gasteiger partial charge in [0, 0.05) is 42.3 Å². The van der Waals surface area contributed by atoms with Crippen molar-refractivity contribution in [3.8, 4) is 22.4 Å². The Bertz CT molecular complexity index is 1240. The molecule has 4 rings (SSSR count). The monoisotopic (exact) mass is 416 g/mol. The highest BCUT2D eigenvalue weighted by molar-refractivity contribution is 5.92. The summed E-state index contributed by atoms with van der Waals surface area (Å²) in [4.78, 5) is 24.6. The number of halogens is 2. The van der Waals surface area contributed by atoms with E-state index in [2.05, 4.69) is 20.3 Å². The third-order valence-corrected chi connectivity index (χ3v) is 4.74. The number of benzene rings is 1. The van der Waals surface area contributed by atoms with Gasteiger partial charge in [-0.3, -0.25) is 14.8 Å². The van der Waals surface area contributed by atoms with Crippen molar-refractivity contribution in [3.63, 3.8) is 0 Å². The van der Waals surface area contributed by atoms with E-state index >= 15 is 0 Å². The number of aromatic nitrogens is 3. The molecule has 3 heterocycles. The Kier molecular flexibility index (Phi) is 5.75. The van der Waals surface area contributed by atoms with Crippen LogP contribution in [0.2, 0.25) is 0 Å². The van der Waals surface area contributed by atoms with Crippen LogP contribution in [0.5, 0.6) is 0 Å². The average Bonchev–Trinajstić information content (AvgIpc) is 2.77. The second-order valence-corrected chi connectivity index (χ2v) is 7.00. The van der Waals surface area contributed by atoms with Crippen LogP contribution in [-0.4, -0.2) is 20.9 Å². The summed E-state index contributed by atoms with van der Waals surface area (Å²) in [6.07, 6.45) is 4.58. The van der Waals surface area contributed by atoms with Gasteiger partial charge in [-0.15, -0.1) is 0 Å². The number of nitrogens with one attached hydrogen (secondary N) is 1. The fraction of sp³-hybridized carbons (Fsp3) is 0.0833. The Labute approximate surface area is 177 Å². The van der Waals surface area contributed by atoms with Crippen molar-refractivity contribution < 1.29 is 13.6 Å². The third kappa shape index (κ3) is 4.78. The van der Waals surface area contributed by atoms with Gasteiger partial charge in [0.25, 0.3) is 5.91 Å². The first-order chi connectivity index (χ1) is 15.0. The summed E-state index contributed by atoms with van der Waals surface area (Å²) in [6.45, 7) is 2.14. The van der Waals surface area contributed by atoms with Gasteiger partial charge in [0.05, 0.1) is 5.69 Å². The Morgan fingerprint density at radius 3 is 2.48 bits per heavy atom. The molecule has 1 aromatic carbocycles. The van der Waals surface area contributed by atoms with Gasteiger partial charge in [-0.1, -0.05) is 24.3 Å². The van der Waals surface area contributed by atoms with Crippen molar-refractivity contribution in [3.05, 3.63) is 102 Å². The van der Waals surface area contributed by atoms with E-state index in [1.54, 1.807) is 36.5 Å². The van der Waals surface area contributed by atoms with E-state index in [0.29, 0.717) is 16.8 Å². The van der Waals surface area contributed by atoms with Crippen LogP contribution in [0.25, 0.3) is 22.4 Å². The molecule has 0 fully saturated rings. The van der Waals surface area contributed by atoms with Gasteiger partial charge in [0.1, 0.15) is 11.5 Å². The molecular weight excluding hydrogens is 398 g/mol. The fourth-order valence-electron chi connectivity index (χ4n) is 3.22. The normalized spacial score (nSPS) is 10.7. The molecule has 154 valence electrons. The topological polar surface area (TPSA) is 67.8 Å². The van der Waals surface area contributed by atoms with E-state index in [4.69, 9.17) is 0 Å². The van der Waals surface area contributed by atoms with E-state index in [1.165, 1.54) is 30.6 Å². The largest absolute Gasteiger partial charge is 0.347 e. The lowest BCUT2D eigenvalue weighted by molar-refractivity contribution is 0.0946. The molecule has 31 heavy (non-hydrogen) atoms. The highest BCUT2D eigenvalue weighted by atomic mass is 19.1. The summed E-state index contributed by atoms with van der Waals surface area (Å²) in [6, 6.07) is 14.4. The van der Waals surface area contributed by atoms with Crippen molar-refractivity contribution in [2.24, 2.45) is 0 Å². The van der Waals surface area contributed by atoms with Crippen LogP contribution in [0.1, 0.15) is 21.6 Å². The SMILES string of the molecule is Cc1cc(CNC(=O)c2ccc(-c3cccc(F)c3)cn2)cnc1-c1ccnc(F)c1. The highest BCUT2D eigenvalue weighted by Crippen LogP contribution is 2.22. The van der Waals surface area contributed by atoms with Gasteiger partial charge >= 0.3 is 0 Å². The summed E-state index contributed by atoms with van der Waals surface area (Å²) >= 11 is 0. The molecule has 0 bridgehead atoms. The Morgan fingerprint density at radius 1 is 0.903 bits per heavy atom. The number of aryl methyl sites for hydroxylation is 1. The molecule has 3 aromatic heterocycles. The maximum absolute atomic E-state index is 13.4. The van der Waals surface area contributed by atoms with Crippen molar-refractivity contribution in [2.75, 3.05) is 0 Å². The minimum atomic E-state index is -0.564. The van der Waals surface area contributed by atoms with Gasteiger partial charge in [-0.25, -0.2) is 9.37 Å². The second kappa shape index (κ2) is 8.79. The molecule has 0 aliphatic heterocycles. The molecule has 1 amide bonds. The highest BCUT2D eigenvalue weighted by Gasteiger charge is 2.10. The number of pyridine rings is 3. The number of hydrogen-bond acceptors (Lipinski definition) is 4. The average molecular weight is 416 g/mol. The Hall–Kier alpha value is -4.00. The summed E-state index contributed by atoms with van der Waals surface area (Å²) in [7, 11) is 0. The fourth-order valence-corrected chi connectivity index (χ4v) is 3.22. The molecule has 7 heteroatoms. The van der Waals surface area contributed by atoms with E-state index in [9.17, 15) is 13.6 Å². The lowest BCUT2D eigenvalue weighted by Gasteiger charge is -2.09. The number of carbonyl (C=O) groups excluding carboxylic acids is 1. The maximum Gasteiger partial charge on any atom is 0.270 e. The number of amides is 1. The number of nitrogens with zero attached hydrogens (tertiary/aromatic N) is 3. The number of hydrogen-bond donors (Lipinski definition) is 1.